The van der Waals surface area contributed by atoms with Crippen molar-refractivity contribution in [2.75, 3.05) is 25.3 Å². The van der Waals surface area contributed by atoms with Crippen molar-refractivity contribution in [2.45, 2.75) is 18.6 Å². The monoisotopic (exact) mass is 526 g/mol. The molecule has 2 aromatic carbocycles. The molecule has 186 valence electrons. The number of amides is 1. The van der Waals surface area contributed by atoms with Crippen molar-refractivity contribution in [2.24, 2.45) is 0 Å². The molecule has 0 bridgehead atoms. The number of methoxy groups -OCH3 is 2. The Balaban J connectivity index is 1.52. The molecule has 2 aromatic heterocycles. The van der Waals surface area contributed by atoms with Gasteiger partial charge in [-0.25, -0.2) is 9.18 Å². The summed E-state index contributed by atoms with van der Waals surface area (Å²) in [5, 5.41) is 14.1. The van der Waals surface area contributed by atoms with Crippen molar-refractivity contribution in [1.82, 2.24) is 14.8 Å². The summed E-state index contributed by atoms with van der Waals surface area (Å²) >= 11 is 2.44. The SMILES string of the molecule is CCn1c(SCC(=O)Nc2scc(-c3ccc(F)cc3)c2C(=O)OC)nnc1-c1ccccc1OC. The van der Waals surface area contributed by atoms with Gasteiger partial charge in [0.2, 0.25) is 5.91 Å². The number of nitrogens with zero attached hydrogens (tertiary/aromatic N) is 3. The molecule has 0 saturated heterocycles. The van der Waals surface area contributed by atoms with Crippen molar-refractivity contribution in [3.8, 4) is 28.3 Å². The van der Waals surface area contributed by atoms with Crippen LogP contribution in [-0.2, 0) is 16.1 Å². The summed E-state index contributed by atoms with van der Waals surface area (Å²) in [6.07, 6.45) is 0. The van der Waals surface area contributed by atoms with Crippen molar-refractivity contribution in [1.29, 1.82) is 0 Å². The van der Waals surface area contributed by atoms with Crippen LogP contribution in [0.1, 0.15) is 17.3 Å². The molecule has 0 radical (unpaired) electrons. The summed E-state index contributed by atoms with van der Waals surface area (Å²) in [5.74, 6) is 0.0850. The highest BCUT2D eigenvalue weighted by Gasteiger charge is 2.23. The van der Waals surface area contributed by atoms with Crippen molar-refractivity contribution in [3.05, 3.63) is 65.3 Å². The number of benzene rings is 2. The third-order valence-electron chi connectivity index (χ3n) is 5.30. The highest BCUT2D eigenvalue weighted by atomic mass is 32.2. The fourth-order valence-corrected chi connectivity index (χ4v) is 5.37. The minimum Gasteiger partial charge on any atom is -0.496 e. The molecule has 0 aliphatic carbocycles. The fourth-order valence-electron chi connectivity index (χ4n) is 3.60. The van der Waals surface area contributed by atoms with Crippen LogP contribution in [0.5, 0.6) is 5.75 Å². The molecule has 0 spiro atoms. The molecular formula is C25H23FN4O4S2. The molecule has 1 N–H and O–H groups in total. The number of thiophene rings is 1. The third kappa shape index (κ3) is 5.26. The van der Waals surface area contributed by atoms with Crippen LogP contribution in [0.2, 0.25) is 0 Å². The number of carbonyl (C=O) groups is 2. The first-order valence-electron chi connectivity index (χ1n) is 10.9. The zero-order chi connectivity index (χ0) is 25.7. The Hall–Kier alpha value is -3.70. The largest absolute Gasteiger partial charge is 0.496 e. The van der Waals surface area contributed by atoms with E-state index >= 15 is 0 Å². The second kappa shape index (κ2) is 11.4. The molecule has 0 atom stereocenters. The second-order valence-electron chi connectivity index (χ2n) is 7.44. The van der Waals surface area contributed by atoms with Gasteiger partial charge in [0.05, 0.1) is 25.5 Å². The molecule has 36 heavy (non-hydrogen) atoms. The number of thioether (sulfide) groups is 1. The van der Waals surface area contributed by atoms with Gasteiger partial charge in [0.25, 0.3) is 0 Å². The zero-order valence-corrected chi connectivity index (χ0v) is 21.4. The van der Waals surface area contributed by atoms with Crippen LogP contribution >= 0.6 is 23.1 Å². The molecule has 0 fully saturated rings. The Bertz CT molecular complexity index is 1390. The van der Waals surface area contributed by atoms with E-state index in [-0.39, 0.29) is 23.0 Å². The number of ether oxygens (including phenoxy) is 2. The van der Waals surface area contributed by atoms with E-state index in [0.29, 0.717) is 39.4 Å². The lowest BCUT2D eigenvalue weighted by molar-refractivity contribution is -0.113. The average molecular weight is 527 g/mol. The minimum atomic E-state index is -0.592. The molecule has 0 aliphatic rings. The lowest BCUT2D eigenvalue weighted by atomic mass is 10.0. The number of rotatable bonds is 9. The van der Waals surface area contributed by atoms with Crippen LogP contribution < -0.4 is 10.1 Å². The van der Waals surface area contributed by atoms with Crippen LogP contribution in [0.4, 0.5) is 9.39 Å². The van der Waals surface area contributed by atoms with Gasteiger partial charge in [-0.3, -0.25) is 4.79 Å². The number of para-hydroxylation sites is 1. The van der Waals surface area contributed by atoms with Gasteiger partial charge in [0, 0.05) is 17.5 Å². The summed E-state index contributed by atoms with van der Waals surface area (Å²) < 4.78 is 25.6. The highest BCUT2D eigenvalue weighted by molar-refractivity contribution is 7.99. The normalized spacial score (nSPS) is 10.8. The standard InChI is InChI=1S/C25H23FN4O4S2/c1-4-30-22(17-7-5-6-8-19(17)33-2)28-29-25(30)36-14-20(31)27-23-21(24(32)34-3)18(13-35-23)15-9-11-16(26)12-10-15/h5-13H,4,14H2,1-3H3,(H,27,31). The maximum Gasteiger partial charge on any atom is 0.341 e. The van der Waals surface area contributed by atoms with Gasteiger partial charge in [-0.05, 0) is 36.8 Å². The lowest BCUT2D eigenvalue weighted by Crippen LogP contribution is -2.16. The van der Waals surface area contributed by atoms with Gasteiger partial charge >= 0.3 is 5.97 Å². The molecule has 4 aromatic rings. The number of anilines is 1. The second-order valence-corrected chi connectivity index (χ2v) is 9.26. The molecule has 0 aliphatic heterocycles. The maximum atomic E-state index is 13.4. The van der Waals surface area contributed by atoms with E-state index in [1.807, 2.05) is 35.8 Å². The summed E-state index contributed by atoms with van der Waals surface area (Å²) in [6, 6.07) is 13.3. The smallest absolute Gasteiger partial charge is 0.341 e. The minimum absolute atomic E-state index is 0.0501. The van der Waals surface area contributed by atoms with Crippen LogP contribution in [-0.4, -0.2) is 46.6 Å². The van der Waals surface area contributed by atoms with Gasteiger partial charge in [-0.1, -0.05) is 36.0 Å². The van der Waals surface area contributed by atoms with Crippen LogP contribution in [0.25, 0.3) is 22.5 Å². The summed E-state index contributed by atoms with van der Waals surface area (Å²) in [7, 11) is 2.87. The van der Waals surface area contributed by atoms with Gasteiger partial charge in [-0.2, -0.15) is 0 Å². The van der Waals surface area contributed by atoms with Gasteiger partial charge in [-0.15, -0.1) is 21.5 Å². The van der Waals surface area contributed by atoms with E-state index in [1.54, 1.807) is 24.6 Å². The quantitative estimate of drug-likeness (QED) is 0.232. The first kappa shape index (κ1) is 25.4. The Morgan fingerprint density at radius 3 is 2.53 bits per heavy atom. The Kier molecular flexibility index (Phi) is 8.01. The van der Waals surface area contributed by atoms with Gasteiger partial charge in [0.15, 0.2) is 11.0 Å². The molecule has 0 saturated carbocycles. The maximum absolute atomic E-state index is 13.4. The summed E-state index contributed by atoms with van der Waals surface area (Å²) in [6.45, 7) is 2.57. The van der Waals surface area contributed by atoms with E-state index in [2.05, 4.69) is 15.5 Å². The molecule has 11 heteroatoms. The summed E-state index contributed by atoms with van der Waals surface area (Å²) in [4.78, 5) is 25.3. The van der Waals surface area contributed by atoms with E-state index in [9.17, 15) is 14.0 Å². The topological polar surface area (TPSA) is 95.3 Å². The van der Waals surface area contributed by atoms with Crippen molar-refractivity contribution in [3.63, 3.8) is 0 Å². The molecule has 2 heterocycles. The number of hydrogen-bond acceptors (Lipinski definition) is 8. The molecule has 1 amide bonds. The predicted molar refractivity (Wildman–Crippen MR) is 138 cm³/mol. The Morgan fingerprint density at radius 1 is 1.08 bits per heavy atom. The molecule has 4 rings (SSSR count). The highest BCUT2D eigenvalue weighted by Crippen LogP contribution is 2.36. The summed E-state index contributed by atoms with van der Waals surface area (Å²) in [5.41, 5.74) is 2.23. The number of nitrogens with one attached hydrogen (secondary N) is 1. The number of esters is 1. The number of hydrogen-bond donors (Lipinski definition) is 1. The number of halogens is 1. The zero-order valence-electron chi connectivity index (χ0n) is 19.8. The van der Waals surface area contributed by atoms with Crippen LogP contribution in [0, 0.1) is 5.82 Å². The number of carbonyl (C=O) groups excluding carboxylic acids is 2. The number of aromatic nitrogens is 3. The fraction of sp³-hybridized carbons (Fsp3) is 0.200. The van der Waals surface area contributed by atoms with E-state index in [4.69, 9.17) is 9.47 Å². The lowest BCUT2D eigenvalue weighted by Gasteiger charge is -2.10. The first-order chi connectivity index (χ1) is 17.5. The van der Waals surface area contributed by atoms with E-state index in [1.165, 1.54) is 42.3 Å². The Morgan fingerprint density at radius 2 is 1.83 bits per heavy atom. The van der Waals surface area contributed by atoms with Gasteiger partial charge in [0.1, 0.15) is 22.1 Å². The molecule has 0 unspecified atom stereocenters. The van der Waals surface area contributed by atoms with E-state index in [0.717, 1.165) is 5.56 Å². The molecular weight excluding hydrogens is 503 g/mol. The Labute approximate surface area is 215 Å². The van der Waals surface area contributed by atoms with Gasteiger partial charge < -0.3 is 19.4 Å². The third-order valence-corrected chi connectivity index (χ3v) is 7.16. The van der Waals surface area contributed by atoms with Crippen LogP contribution in [0.15, 0.2) is 59.1 Å². The van der Waals surface area contributed by atoms with Crippen molar-refractivity contribution < 1.29 is 23.5 Å². The van der Waals surface area contributed by atoms with Crippen molar-refractivity contribution >= 4 is 40.0 Å². The average Bonchev–Trinajstić information content (AvgIpc) is 3.51. The van der Waals surface area contributed by atoms with Crippen LogP contribution in [0.3, 0.4) is 0 Å². The van der Waals surface area contributed by atoms with E-state index < -0.39 is 5.97 Å². The first-order valence-corrected chi connectivity index (χ1v) is 12.8. The molecule has 8 nitrogen and oxygen atoms in total. The predicted octanol–water partition coefficient (Wildman–Crippen LogP) is 5.36.